The lowest BCUT2D eigenvalue weighted by Crippen LogP contribution is -2.23. The number of rotatable bonds is 7. The van der Waals surface area contributed by atoms with Crippen LogP contribution in [0.5, 0.6) is 11.5 Å². The van der Waals surface area contributed by atoms with Crippen molar-refractivity contribution in [2.24, 2.45) is 0 Å². The molecule has 1 amide bonds. The van der Waals surface area contributed by atoms with Gasteiger partial charge in [0.2, 0.25) is 0 Å². The second-order valence-electron chi connectivity index (χ2n) is 7.79. The van der Waals surface area contributed by atoms with Gasteiger partial charge in [-0.05, 0) is 83.4 Å². The van der Waals surface area contributed by atoms with Gasteiger partial charge in [-0.2, -0.15) is 5.26 Å². The van der Waals surface area contributed by atoms with Gasteiger partial charge in [-0.25, -0.2) is 13.6 Å². The maximum absolute atomic E-state index is 14.0. The average molecular weight is 484 g/mol. The first-order valence-corrected chi connectivity index (χ1v) is 10.7. The van der Waals surface area contributed by atoms with Crippen molar-refractivity contribution in [3.63, 3.8) is 0 Å². The van der Waals surface area contributed by atoms with Crippen LogP contribution in [-0.2, 0) is 6.54 Å². The molecule has 0 aromatic heterocycles. The number of amides is 1. The Bertz CT molecular complexity index is 1480. The molecule has 0 aliphatic rings. The number of nitriles is 1. The van der Waals surface area contributed by atoms with Gasteiger partial charge in [0, 0.05) is 6.54 Å². The predicted molar refractivity (Wildman–Crippen MR) is 128 cm³/mol. The number of ether oxygens (including phenoxy) is 1. The monoisotopic (exact) mass is 484 g/mol. The quantitative estimate of drug-likeness (QED) is 0.339. The van der Waals surface area contributed by atoms with Gasteiger partial charge in [0.1, 0.15) is 23.1 Å². The fourth-order valence-corrected chi connectivity index (χ4v) is 3.47. The second kappa shape index (κ2) is 10.5. The molecule has 0 heterocycles. The Kier molecular flexibility index (Phi) is 7.02. The van der Waals surface area contributed by atoms with Gasteiger partial charge in [-0.1, -0.05) is 18.2 Å². The topological polar surface area (TPSA) is 99.4 Å². The van der Waals surface area contributed by atoms with Gasteiger partial charge in [0.15, 0.2) is 0 Å². The van der Waals surface area contributed by atoms with E-state index in [0.29, 0.717) is 22.4 Å². The average Bonchev–Trinajstić information content (AvgIpc) is 2.88. The van der Waals surface area contributed by atoms with E-state index in [-0.39, 0.29) is 29.0 Å². The summed E-state index contributed by atoms with van der Waals surface area (Å²) >= 11 is 0. The van der Waals surface area contributed by atoms with Crippen LogP contribution in [0.2, 0.25) is 0 Å². The number of hydrogen-bond acceptors (Lipinski definition) is 4. The Morgan fingerprint density at radius 1 is 0.861 bits per heavy atom. The van der Waals surface area contributed by atoms with E-state index in [1.54, 1.807) is 18.2 Å². The number of carbonyl (C=O) groups is 2. The van der Waals surface area contributed by atoms with Gasteiger partial charge >= 0.3 is 5.97 Å². The van der Waals surface area contributed by atoms with Crippen molar-refractivity contribution < 1.29 is 28.2 Å². The molecule has 178 valence electrons. The molecule has 0 aliphatic heterocycles. The summed E-state index contributed by atoms with van der Waals surface area (Å²) in [5.74, 6) is -2.11. The Labute approximate surface area is 205 Å². The molecule has 0 saturated heterocycles. The second-order valence-corrected chi connectivity index (χ2v) is 7.79. The Morgan fingerprint density at radius 2 is 1.58 bits per heavy atom. The lowest BCUT2D eigenvalue weighted by Gasteiger charge is -2.14. The van der Waals surface area contributed by atoms with Crippen molar-refractivity contribution in [2.75, 3.05) is 0 Å². The number of aromatic carboxylic acids is 1. The SMILES string of the molecule is N#Cc1cc(F)cc(-c2ccc(Oc3ccc(F)cc3)c(C(=O)NCc3ccc(C(=O)O)cc3)c2)c1. The standard InChI is InChI=1S/C28H18F2N2O4/c29-22-6-8-24(9-7-22)36-26-10-5-20(21-11-18(15-31)12-23(30)13-21)14-25(26)27(33)32-16-17-1-3-19(4-2-17)28(34)35/h1-14H,16H2,(H,32,33)(H,34,35). The highest BCUT2D eigenvalue weighted by molar-refractivity contribution is 5.98. The molecule has 0 bridgehead atoms. The fraction of sp³-hybridized carbons (Fsp3) is 0.0357. The van der Waals surface area contributed by atoms with E-state index in [0.717, 1.165) is 6.07 Å². The van der Waals surface area contributed by atoms with E-state index in [9.17, 15) is 18.4 Å². The first-order chi connectivity index (χ1) is 17.3. The minimum atomic E-state index is -1.05. The molecular formula is C28H18F2N2O4. The highest BCUT2D eigenvalue weighted by Gasteiger charge is 2.16. The van der Waals surface area contributed by atoms with E-state index in [2.05, 4.69) is 5.32 Å². The van der Waals surface area contributed by atoms with Crippen molar-refractivity contribution in [3.05, 3.63) is 119 Å². The Balaban J connectivity index is 1.65. The van der Waals surface area contributed by atoms with Crippen molar-refractivity contribution in [3.8, 4) is 28.7 Å². The maximum Gasteiger partial charge on any atom is 0.335 e. The Hall–Kier alpha value is -5.03. The molecule has 4 rings (SSSR count). The first-order valence-electron chi connectivity index (χ1n) is 10.7. The summed E-state index contributed by atoms with van der Waals surface area (Å²) in [6.07, 6.45) is 0. The number of hydrogen-bond donors (Lipinski definition) is 2. The molecule has 4 aromatic rings. The summed E-state index contributed by atoms with van der Waals surface area (Å²) < 4.78 is 33.1. The van der Waals surface area contributed by atoms with E-state index in [4.69, 9.17) is 15.1 Å². The summed E-state index contributed by atoms with van der Waals surface area (Å²) in [5, 5.41) is 21.0. The number of halogens is 2. The van der Waals surface area contributed by atoms with Gasteiger partial charge in [-0.15, -0.1) is 0 Å². The van der Waals surface area contributed by atoms with Crippen molar-refractivity contribution in [2.45, 2.75) is 6.54 Å². The van der Waals surface area contributed by atoms with E-state index in [1.807, 2.05) is 6.07 Å². The van der Waals surface area contributed by atoms with Crippen molar-refractivity contribution >= 4 is 11.9 Å². The van der Waals surface area contributed by atoms with Gasteiger partial charge in [-0.3, -0.25) is 4.79 Å². The van der Waals surface area contributed by atoms with Crippen LogP contribution in [0.4, 0.5) is 8.78 Å². The van der Waals surface area contributed by atoms with E-state index in [1.165, 1.54) is 60.7 Å². The molecule has 0 spiro atoms. The van der Waals surface area contributed by atoms with Crippen LogP contribution in [-0.4, -0.2) is 17.0 Å². The molecule has 2 N–H and O–H groups in total. The van der Waals surface area contributed by atoms with Gasteiger partial charge in [0.25, 0.3) is 5.91 Å². The molecule has 4 aromatic carbocycles. The van der Waals surface area contributed by atoms with Crippen LogP contribution >= 0.6 is 0 Å². The molecule has 0 unspecified atom stereocenters. The smallest absolute Gasteiger partial charge is 0.335 e. The van der Waals surface area contributed by atoms with Crippen LogP contribution in [0, 0.1) is 23.0 Å². The zero-order valence-electron chi connectivity index (χ0n) is 18.7. The lowest BCUT2D eigenvalue weighted by molar-refractivity contribution is 0.0696. The molecule has 0 aliphatic carbocycles. The fourth-order valence-electron chi connectivity index (χ4n) is 3.47. The van der Waals surface area contributed by atoms with Crippen molar-refractivity contribution in [1.82, 2.24) is 5.32 Å². The number of carboxylic acids is 1. The summed E-state index contributed by atoms with van der Waals surface area (Å²) in [4.78, 5) is 24.2. The molecule has 36 heavy (non-hydrogen) atoms. The third kappa shape index (κ3) is 5.72. The van der Waals surface area contributed by atoms with Crippen LogP contribution < -0.4 is 10.1 Å². The van der Waals surface area contributed by atoms with Crippen molar-refractivity contribution in [1.29, 1.82) is 5.26 Å². The summed E-state index contributed by atoms with van der Waals surface area (Å²) in [7, 11) is 0. The predicted octanol–water partition coefficient (Wildman–Crippen LogP) is 5.92. The largest absolute Gasteiger partial charge is 0.478 e. The number of benzene rings is 4. The Morgan fingerprint density at radius 3 is 2.25 bits per heavy atom. The number of carbonyl (C=O) groups excluding carboxylic acids is 1. The minimum Gasteiger partial charge on any atom is -0.478 e. The summed E-state index contributed by atoms with van der Waals surface area (Å²) in [5.41, 5.74) is 1.94. The molecule has 0 saturated carbocycles. The van der Waals surface area contributed by atoms with Crippen LogP contribution in [0.15, 0.2) is 84.9 Å². The number of nitrogens with one attached hydrogen (secondary N) is 1. The van der Waals surface area contributed by atoms with Gasteiger partial charge in [0.05, 0.1) is 22.8 Å². The zero-order valence-corrected chi connectivity index (χ0v) is 18.7. The molecular weight excluding hydrogens is 466 g/mol. The van der Waals surface area contributed by atoms with E-state index < -0.39 is 23.5 Å². The van der Waals surface area contributed by atoms with E-state index >= 15 is 0 Å². The molecule has 6 nitrogen and oxygen atoms in total. The lowest BCUT2D eigenvalue weighted by atomic mass is 10.00. The molecule has 0 fully saturated rings. The normalized spacial score (nSPS) is 10.4. The van der Waals surface area contributed by atoms with Gasteiger partial charge < -0.3 is 15.2 Å². The summed E-state index contributed by atoms with van der Waals surface area (Å²) in [6, 6.07) is 21.8. The maximum atomic E-state index is 14.0. The third-order valence-corrected chi connectivity index (χ3v) is 5.28. The highest BCUT2D eigenvalue weighted by atomic mass is 19.1. The summed E-state index contributed by atoms with van der Waals surface area (Å²) in [6.45, 7) is 0.109. The van der Waals surface area contributed by atoms with Crippen LogP contribution in [0.25, 0.3) is 11.1 Å². The zero-order chi connectivity index (χ0) is 25.7. The molecule has 0 atom stereocenters. The molecule has 0 radical (unpaired) electrons. The number of nitrogens with zero attached hydrogens (tertiary/aromatic N) is 1. The van der Waals surface area contributed by atoms with Crippen LogP contribution in [0.1, 0.15) is 31.8 Å². The van der Waals surface area contributed by atoms with Crippen LogP contribution in [0.3, 0.4) is 0 Å². The third-order valence-electron chi connectivity index (χ3n) is 5.28. The number of carboxylic acid groups (broad SMARTS) is 1. The first kappa shape index (κ1) is 24.1. The molecule has 8 heteroatoms. The highest BCUT2D eigenvalue weighted by Crippen LogP contribution is 2.31. The minimum absolute atomic E-state index is 0.109.